The fourth-order valence-electron chi connectivity index (χ4n) is 2.57. The molecule has 0 saturated heterocycles. The molecule has 1 N–H and O–H groups in total. The van der Waals surface area contributed by atoms with Crippen molar-refractivity contribution in [1.82, 2.24) is 9.97 Å². The zero-order chi connectivity index (χ0) is 19.9. The Bertz CT molecular complexity index is 1030. The summed E-state index contributed by atoms with van der Waals surface area (Å²) in [5.41, 5.74) is 4.55. The summed E-state index contributed by atoms with van der Waals surface area (Å²) in [4.78, 5) is 20.9. The van der Waals surface area contributed by atoms with E-state index in [0.29, 0.717) is 28.6 Å². The third kappa shape index (κ3) is 5.18. The van der Waals surface area contributed by atoms with Crippen LogP contribution >= 0.6 is 11.8 Å². The Morgan fingerprint density at radius 1 is 1.11 bits per heavy atom. The van der Waals surface area contributed by atoms with E-state index < -0.39 is 0 Å². The van der Waals surface area contributed by atoms with Crippen LogP contribution in [0.5, 0.6) is 0 Å². The zero-order valence-corrected chi connectivity index (χ0v) is 16.6. The number of nitriles is 1. The predicted molar refractivity (Wildman–Crippen MR) is 112 cm³/mol. The standard InChI is InChI=1S/C22H20N4OS/c1-15-3-5-17(6-4-15)19-8-7-18(14-23)22(25-19)28-12-10-21(27)26-20-13-16(2)9-11-24-20/h3-9,11,13H,10,12H2,1-2H3,(H,24,26,27). The minimum absolute atomic E-state index is 0.112. The molecule has 0 radical (unpaired) electrons. The van der Waals surface area contributed by atoms with Crippen LogP contribution in [0.3, 0.4) is 0 Å². The number of aromatic nitrogens is 2. The highest BCUT2D eigenvalue weighted by Gasteiger charge is 2.10. The summed E-state index contributed by atoms with van der Waals surface area (Å²) in [5, 5.41) is 12.8. The van der Waals surface area contributed by atoms with Crippen LogP contribution in [0.1, 0.15) is 23.1 Å². The Morgan fingerprint density at radius 2 is 1.89 bits per heavy atom. The SMILES string of the molecule is Cc1ccc(-c2ccc(C#N)c(SCCC(=O)Nc3cc(C)ccn3)n2)cc1. The predicted octanol–water partition coefficient (Wildman–Crippen LogP) is 4.75. The van der Waals surface area contributed by atoms with Crippen LogP contribution < -0.4 is 5.32 Å². The monoisotopic (exact) mass is 388 g/mol. The number of benzene rings is 1. The molecule has 28 heavy (non-hydrogen) atoms. The molecule has 1 amide bonds. The summed E-state index contributed by atoms with van der Waals surface area (Å²) >= 11 is 1.41. The smallest absolute Gasteiger partial charge is 0.226 e. The lowest BCUT2D eigenvalue weighted by molar-refractivity contribution is -0.115. The number of hydrogen-bond acceptors (Lipinski definition) is 5. The third-order valence-electron chi connectivity index (χ3n) is 4.08. The van der Waals surface area contributed by atoms with Crippen molar-refractivity contribution in [2.24, 2.45) is 0 Å². The zero-order valence-electron chi connectivity index (χ0n) is 15.8. The summed E-state index contributed by atoms with van der Waals surface area (Å²) in [5.74, 6) is 0.961. The van der Waals surface area contributed by atoms with Crippen molar-refractivity contribution >= 4 is 23.5 Å². The molecule has 0 aliphatic carbocycles. The number of aryl methyl sites for hydroxylation is 2. The Balaban J connectivity index is 1.64. The lowest BCUT2D eigenvalue weighted by Gasteiger charge is -2.08. The summed E-state index contributed by atoms with van der Waals surface area (Å²) in [6.07, 6.45) is 1.97. The van der Waals surface area contributed by atoms with E-state index in [1.54, 1.807) is 12.3 Å². The van der Waals surface area contributed by atoms with Crippen LogP contribution in [-0.2, 0) is 4.79 Å². The van der Waals surface area contributed by atoms with Crippen LogP contribution in [0.4, 0.5) is 5.82 Å². The van der Waals surface area contributed by atoms with Gasteiger partial charge in [0.1, 0.15) is 16.9 Å². The molecule has 1 aromatic carbocycles. The maximum Gasteiger partial charge on any atom is 0.226 e. The van der Waals surface area contributed by atoms with Crippen molar-refractivity contribution in [2.45, 2.75) is 25.3 Å². The number of nitrogens with zero attached hydrogens (tertiary/aromatic N) is 3. The molecule has 0 aliphatic heterocycles. The van der Waals surface area contributed by atoms with E-state index >= 15 is 0 Å². The van der Waals surface area contributed by atoms with Crippen LogP contribution in [0.2, 0.25) is 0 Å². The Kier molecular flexibility index (Phi) is 6.41. The summed E-state index contributed by atoms with van der Waals surface area (Å²) in [7, 11) is 0. The number of thioether (sulfide) groups is 1. The normalized spacial score (nSPS) is 10.3. The fourth-order valence-corrected chi connectivity index (χ4v) is 3.48. The average Bonchev–Trinajstić information content (AvgIpc) is 2.68. The minimum Gasteiger partial charge on any atom is -0.311 e. The first-order valence-corrected chi connectivity index (χ1v) is 9.87. The lowest BCUT2D eigenvalue weighted by Crippen LogP contribution is -2.13. The van der Waals surface area contributed by atoms with E-state index in [4.69, 9.17) is 0 Å². The van der Waals surface area contributed by atoms with Crippen LogP contribution in [0.25, 0.3) is 11.3 Å². The molecule has 2 heterocycles. The number of pyridine rings is 2. The van der Waals surface area contributed by atoms with E-state index in [9.17, 15) is 10.1 Å². The molecular weight excluding hydrogens is 368 g/mol. The summed E-state index contributed by atoms with van der Waals surface area (Å²) in [6.45, 7) is 3.98. The van der Waals surface area contributed by atoms with Gasteiger partial charge in [0.15, 0.2) is 0 Å². The first kappa shape index (κ1) is 19.6. The minimum atomic E-state index is -0.112. The number of anilines is 1. The molecule has 0 saturated carbocycles. The van der Waals surface area contributed by atoms with Crippen LogP contribution in [0.15, 0.2) is 59.8 Å². The third-order valence-corrected chi connectivity index (χ3v) is 5.07. The largest absolute Gasteiger partial charge is 0.311 e. The first-order chi connectivity index (χ1) is 13.5. The van der Waals surface area contributed by atoms with Crippen LogP contribution in [-0.4, -0.2) is 21.6 Å². The van der Waals surface area contributed by atoms with Gasteiger partial charge in [0, 0.05) is 23.9 Å². The number of rotatable bonds is 6. The maximum atomic E-state index is 12.1. The van der Waals surface area contributed by atoms with E-state index in [0.717, 1.165) is 16.8 Å². The van der Waals surface area contributed by atoms with Gasteiger partial charge >= 0.3 is 0 Å². The van der Waals surface area contributed by atoms with Gasteiger partial charge in [0.2, 0.25) is 5.91 Å². The van der Waals surface area contributed by atoms with E-state index in [1.807, 2.05) is 56.3 Å². The lowest BCUT2D eigenvalue weighted by atomic mass is 10.1. The average molecular weight is 388 g/mol. The Morgan fingerprint density at radius 3 is 2.61 bits per heavy atom. The van der Waals surface area contributed by atoms with Crippen molar-refractivity contribution < 1.29 is 4.79 Å². The van der Waals surface area contributed by atoms with E-state index in [-0.39, 0.29) is 5.91 Å². The van der Waals surface area contributed by atoms with Gasteiger partial charge < -0.3 is 5.32 Å². The highest BCUT2D eigenvalue weighted by molar-refractivity contribution is 7.99. The van der Waals surface area contributed by atoms with Crippen molar-refractivity contribution in [3.05, 3.63) is 71.4 Å². The second-order valence-corrected chi connectivity index (χ2v) is 7.48. The number of carbonyl (C=O) groups is 1. The number of carbonyl (C=O) groups excluding carboxylic acids is 1. The maximum absolute atomic E-state index is 12.1. The van der Waals surface area contributed by atoms with Gasteiger partial charge in [0.25, 0.3) is 0 Å². The van der Waals surface area contributed by atoms with Gasteiger partial charge in [-0.2, -0.15) is 5.26 Å². The Hall–Kier alpha value is -3.17. The molecule has 140 valence electrons. The summed E-state index contributed by atoms with van der Waals surface area (Å²) in [6, 6.07) is 17.6. The van der Waals surface area contributed by atoms with E-state index in [1.165, 1.54) is 17.3 Å². The quantitative estimate of drug-likeness (QED) is 0.616. The van der Waals surface area contributed by atoms with Crippen molar-refractivity contribution in [1.29, 1.82) is 5.26 Å². The van der Waals surface area contributed by atoms with Gasteiger partial charge in [0.05, 0.1) is 11.3 Å². The second-order valence-electron chi connectivity index (χ2n) is 6.39. The van der Waals surface area contributed by atoms with Gasteiger partial charge in [-0.1, -0.05) is 29.8 Å². The van der Waals surface area contributed by atoms with Crippen molar-refractivity contribution in [2.75, 3.05) is 11.1 Å². The second kappa shape index (κ2) is 9.16. The molecule has 3 aromatic rings. The van der Waals surface area contributed by atoms with E-state index in [2.05, 4.69) is 21.4 Å². The van der Waals surface area contributed by atoms with Gasteiger partial charge in [-0.05, 0) is 43.7 Å². The molecule has 0 atom stereocenters. The van der Waals surface area contributed by atoms with Crippen LogP contribution in [0, 0.1) is 25.2 Å². The molecular formula is C22H20N4OS. The van der Waals surface area contributed by atoms with Gasteiger partial charge in [-0.25, -0.2) is 9.97 Å². The highest BCUT2D eigenvalue weighted by atomic mass is 32.2. The highest BCUT2D eigenvalue weighted by Crippen LogP contribution is 2.26. The topological polar surface area (TPSA) is 78.7 Å². The van der Waals surface area contributed by atoms with Gasteiger partial charge in [-0.3, -0.25) is 4.79 Å². The Labute approximate surface area is 168 Å². The molecule has 2 aromatic heterocycles. The molecule has 0 fully saturated rings. The molecule has 3 rings (SSSR count). The first-order valence-electron chi connectivity index (χ1n) is 8.88. The summed E-state index contributed by atoms with van der Waals surface area (Å²) < 4.78 is 0. The van der Waals surface area contributed by atoms with Crippen molar-refractivity contribution in [3.63, 3.8) is 0 Å². The molecule has 6 heteroatoms. The molecule has 0 aliphatic rings. The molecule has 5 nitrogen and oxygen atoms in total. The number of nitrogens with one attached hydrogen (secondary N) is 1. The van der Waals surface area contributed by atoms with Crippen molar-refractivity contribution in [3.8, 4) is 17.3 Å². The number of amides is 1. The fraction of sp³-hybridized carbons (Fsp3) is 0.182. The molecule has 0 bridgehead atoms. The number of hydrogen-bond donors (Lipinski definition) is 1. The molecule has 0 unspecified atom stereocenters. The molecule has 0 spiro atoms. The van der Waals surface area contributed by atoms with Gasteiger partial charge in [-0.15, -0.1) is 11.8 Å².